The van der Waals surface area contributed by atoms with Gasteiger partial charge in [-0.05, 0) is 6.07 Å². The highest BCUT2D eigenvalue weighted by atomic mass is 16.6. The molecule has 1 rings (SSSR count). The van der Waals surface area contributed by atoms with Crippen molar-refractivity contribution in [1.82, 2.24) is 0 Å². The summed E-state index contributed by atoms with van der Waals surface area (Å²) >= 11 is 0. The topological polar surface area (TPSA) is 78.7 Å². The first kappa shape index (κ1) is 13.5. The van der Waals surface area contributed by atoms with Crippen molar-refractivity contribution in [3.63, 3.8) is 0 Å². The SMILES string of the molecule is COC(=O)CC#Cc1ccc([N+](=O)[O-])cc1OC. The second-order valence-corrected chi connectivity index (χ2v) is 3.20. The smallest absolute Gasteiger partial charge is 0.317 e. The monoisotopic (exact) mass is 249 g/mol. The Hall–Kier alpha value is -2.55. The number of nitro benzene ring substituents is 1. The van der Waals surface area contributed by atoms with Gasteiger partial charge in [0.15, 0.2) is 0 Å². The van der Waals surface area contributed by atoms with Crippen LogP contribution in [0.1, 0.15) is 12.0 Å². The molecule has 0 fully saturated rings. The first-order valence-corrected chi connectivity index (χ1v) is 4.96. The Morgan fingerprint density at radius 2 is 2.17 bits per heavy atom. The van der Waals surface area contributed by atoms with Gasteiger partial charge in [-0.25, -0.2) is 0 Å². The van der Waals surface area contributed by atoms with Crippen molar-refractivity contribution < 1.29 is 19.2 Å². The van der Waals surface area contributed by atoms with Gasteiger partial charge in [0.1, 0.15) is 12.2 Å². The summed E-state index contributed by atoms with van der Waals surface area (Å²) in [6.07, 6.45) is -0.0450. The Bertz CT molecular complexity index is 527. The minimum absolute atomic E-state index is 0.0450. The molecule has 0 aromatic heterocycles. The Kier molecular flexibility index (Phi) is 4.69. The van der Waals surface area contributed by atoms with Gasteiger partial charge in [-0.2, -0.15) is 0 Å². The van der Waals surface area contributed by atoms with Crippen molar-refractivity contribution in [2.45, 2.75) is 6.42 Å². The van der Waals surface area contributed by atoms with Crippen LogP contribution in [-0.2, 0) is 9.53 Å². The predicted octanol–water partition coefficient (Wildman–Crippen LogP) is 1.52. The molecule has 0 saturated heterocycles. The molecule has 0 amide bonds. The van der Waals surface area contributed by atoms with Gasteiger partial charge < -0.3 is 9.47 Å². The molecule has 6 nitrogen and oxygen atoms in total. The second-order valence-electron chi connectivity index (χ2n) is 3.20. The minimum Gasteiger partial charge on any atom is -0.495 e. The fraction of sp³-hybridized carbons (Fsp3) is 0.250. The van der Waals surface area contributed by atoms with Crippen LogP contribution in [0.4, 0.5) is 5.69 Å². The lowest BCUT2D eigenvalue weighted by atomic mass is 10.2. The van der Waals surface area contributed by atoms with E-state index in [1.165, 1.54) is 32.4 Å². The summed E-state index contributed by atoms with van der Waals surface area (Å²) in [6.45, 7) is 0. The molecule has 0 aliphatic rings. The molecule has 0 atom stereocenters. The fourth-order valence-corrected chi connectivity index (χ4v) is 1.18. The van der Waals surface area contributed by atoms with Gasteiger partial charge in [0.25, 0.3) is 5.69 Å². The molecule has 0 radical (unpaired) electrons. The third-order valence-electron chi connectivity index (χ3n) is 2.08. The Morgan fingerprint density at radius 3 is 2.72 bits per heavy atom. The van der Waals surface area contributed by atoms with Crippen molar-refractivity contribution in [2.75, 3.05) is 14.2 Å². The average molecular weight is 249 g/mol. The normalized spacial score (nSPS) is 9.00. The van der Waals surface area contributed by atoms with Gasteiger partial charge in [0, 0.05) is 6.07 Å². The van der Waals surface area contributed by atoms with Crippen molar-refractivity contribution in [3.05, 3.63) is 33.9 Å². The zero-order chi connectivity index (χ0) is 13.5. The van der Waals surface area contributed by atoms with E-state index in [1.54, 1.807) is 0 Å². The maximum Gasteiger partial charge on any atom is 0.317 e. The van der Waals surface area contributed by atoms with E-state index < -0.39 is 10.9 Å². The number of esters is 1. The van der Waals surface area contributed by atoms with Crippen molar-refractivity contribution in [3.8, 4) is 17.6 Å². The molecule has 0 aliphatic heterocycles. The number of benzene rings is 1. The van der Waals surface area contributed by atoms with E-state index in [0.29, 0.717) is 11.3 Å². The molecule has 0 N–H and O–H groups in total. The molecule has 0 spiro atoms. The van der Waals surface area contributed by atoms with E-state index in [2.05, 4.69) is 16.6 Å². The summed E-state index contributed by atoms with van der Waals surface area (Å²) < 4.78 is 9.43. The maximum absolute atomic E-state index is 10.9. The summed E-state index contributed by atoms with van der Waals surface area (Å²) in [5, 5.41) is 10.6. The summed E-state index contributed by atoms with van der Waals surface area (Å²) in [6, 6.07) is 4.08. The zero-order valence-electron chi connectivity index (χ0n) is 9.93. The van der Waals surface area contributed by atoms with Gasteiger partial charge in [-0.3, -0.25) is 14.9 Å². The van der Waals surface area contributed by atoms with Gasteiger partial charge in [-0.1, -0.05) is 11.8 Å². The minimum atomic E-state index is -0.520. The zero-order valence-corrected chi connectivity index (χ0v) is 9.93. The van der Waals surface area contributed by atoms with E-state index in [9.17, 15) is 14.9 Å². The average Bonchev–Trinajstić information content (AvgIpc) is 2.38. The molecule has 18 heavy (non-hydrogen) atoms. The largest absolute Gasteiger partial charge is 0.495 e. The van der Waals surface area contributed by atoms with Crippen LogP contribution in [0.2, 0.25) is 0 Å². The molecule has 0 bridgehead atoms. The number of carbonyl (C=O) groups excluding carboxylic acids is 1. The maximum atomic E-state index is 10.9. The number of rotatable bonds is 3. The van der Waals surface area contributed by atoms with Crippen LogP contribution in [0.25, 0.3) is 0 Å². The number of non-ortho nitro benzene ring substituents is 1. The van der Waals surface area contributed by atoms with Gasteiger partial charge >= 0.3 is 5.97 Å². The van der Waals surface area contributed by atoms with Crippen LogP contribution in [-0.4, -0.2) is 25.1 Å². The Balaban J connectivity index is 2.95. The highest BCUT2D eigenvalue weighted by Gasteiger charge is 2.09. The number of nitro groups is 1. The lowest BCUT2D eigenvalue weighted by molar-refractivity contribution is -0.384. The highest BCUT2D eigenvalue weighted by molar-refractivity contribution is 5.72. The molecule has 1 aromatic rings. The molecule has 0 unspecified atom stereocenters. The number of hydrogen-bond donors (Lipinski definition) is 0. The van der Waals surface area contributed by atoms with E-state index >= 15 is 0 Å². The molecule has 0 heterocycles. The number of carbonyl (C=O) groups is 1. The Morgan fingerprint density at radius 1 is 1.44 bits per heavy atom. The fourth-order valence-electron chi connectivity index (χ4n) is 1.18. The molecule has 6 heteroatoms. The highest BCUT2D eigenvalue weighted by Crippen LogP contribution is 2.23. The van der Waals surface area contributed by atoms with Gasteiger partial charge in [-0.15, -0.1) is 0 Å². The van der Waals surface area contributed by atoms with E-state index in [-0.39, 0.29) is 12.1 Å². The number of nitrogens with zero attached hydrogens (tertiary/aromatic N) is 1. The third kappa shape index (κ3) is 3.49. The molecule has 94 valence electrons. The molecular weight excluding hydrogens is 238 g/mol. The van der Waals surface area contributed by atoms with E-state index in [1.807, 2.05) is 0 Å². The lowest BCUT2D eigenvalue weighted by Gasteiger charge is -2.02. The van der Waals surface area contributed by atoms with Crippen molar-refractivity contribution in [2.24, 2.45) is 0 Å². The summed E-state index contributed by atoms with van der Waals surface area (Å²) in [7, 11) is 2.67. The van der Waals surface area contributed by atoms with Crippen LogP contribution in [0, 0.1) is 22.0 Å². The molecule has 0 saturated carbocycles. The van der Waals surface area contributed by atoms with E-state index in [4.69, 9.17) is 4.74 Å². The summed E-state index contributed by atoms with van der Waals surface area (Å²) in [5.74, 6) is 5.15. The Labute approximate surface area is 104 Å². The van der Waals surface area contributed by atoms with Crippen LogP contribution in [0.5, 0.6) is 5.75 Å². The molecule has 1 aromatic carbocycles. The van der Waals surface area contributed by atoms with Crippen molar-refractivity contribution in [1.29, 1.82) is 0 Å². The van der Waals surface area contributed by atoms with Crippen LogP contribution >= 0.6 is 0 Å². The lowest BCUT2D eigenvalue weighted by Crippen LogP contribution is -1.97. The first-order valence-electron chi connectivity index (χ1n) is 4.96. The number of hydrogen-bond acceptors (Lipinski definition) is 5. The second kappa shape index (κ2) is 6.25. The van der Waals surface area contributed by atoms with Crippen LogP contribution < -0.4 is 4.74 Å². The predicted molar refractivity (Wildman–Crippen MR) is 63.2 cm³/mol. The summed E-state index contributed by atoms with van der Waals surface area (Å²) in [5.41, 5.74) is 0.400. The standard InChI is InChI=1S/C12H11NO5/c1-17-11-8-10(13(15)16)7-6-9(11)4-3-5-12(14)18-2/h6-8H,5H2,1-2H3. The number of ether oxygens (including phenoxy) is 2. The quantitative estimate of drug-likeness (QED) is 0.351. The summed E-state index contributed by atoms with van der Waals surface area (Å²) in [4.78, 5) is 20.9. The third-order valence-corrected chi connectivity index (χ3v) is 2.08. The van der Waals surface area contributed by atoms with Crippen LogP contribution in [0.15, 0.2) is 18.2 Å². The van der Waals surface area contributed by atoms with Gasteiger partial charge in [0.05, 0.1) is 30.8 Å². The van der Waals surface area contributed by atoms with E-state index in [0.717, 1.165) is 0 Å². The first-order chi connectivity index (χ1) is 8.58. The molecular formula is C12H11NO5. The molecule has 0 aliphatic carbocycles. The number of methoxy groups -OCH3 is 2. The van der Waals surface area contributed by atoms with Gasteiger partial charge in [0.2, 0.25) is 0 Å². The van der Waals surface area contributed by atoms with Crippen LogP contribution in [0.3, 0.4) is 0 Å². The van der Waals surface area contributed by atoms with Crippen molar-refractivity contribution >= 4 is 11.7 Å².